The molecule has 0 N–H and O–H groups in total. The predicted molar refractivity (Wildman–Crippen MR) is 204 cm³/mol. The van der Waals surface area contributed by atoms with Crippen LogP contribution in [0.25, 0.3) is 43.8 Å². The second-order valence-electron chi connectivity index (χ2n) is 15.2. The van der Waals surface area contributed by atoms with Crippen LogP contribution in [0.3, 0.4) is 0 Å². The normalized spacial score (nSPS) is 11.7. The number of fused-ring (bicyclic) bond motifs is 2. The van der Waals surface area contributed by atoms with Crippen molar-refractivity contribution in [2.45, 2.75) is 92.2 Å². The van der Waals surface area contributed by atoms with Crippen LogP contribution in [0.15, 0.2) is 109 Å². The Morgan fingerprint density at radius 3 is 1.37 bits per heavy atom. The molecule has 6 aromatic rings. The van der Waals surface area contributed by atoms with Crippen LogP contribution in [0, 0.1) is 6.92 Å². The van der Waals surface area contributed by atoms with Crippen molar-refractivity contribution in [2.75, 3.05) is 0 Å². The minimum Gasteiger partial charge on any atom is -0.165 e. The Morgan fingerprint density at radius 1 is 0.587 bits per heavy atom. The Labute approximate surface area is 294 Å². The van der Waals surface area contributed by atoms with Crippen LogP contribution in [0.2, 0.25) is 13.1 Å². The molecule has 46 heavy (non-hydrogen) atoms. The summed E-state index contributed by atoms with van der Waals surface area (Å²) in [5, 5.41) is 5.41. The SMILES string of the molecule is CC(C)c1cc2c(-c3ccc(C(C)(C)C)cc3)cccc2[cH-]1.C[Si](C)=[Zr+2].Cc1cc2c(-c3ccc(C(C)(C)C)cc3)cccc2[cH-]1. The molecule has 0 amide bonds. The van der Waals surface area contributed by atoms with Crippen LogP contribution in [0.1, 0.15) is 83.6 Å². The molecule has 0 saturated heterocycles. The van der Waals surface area contributed by atoms with Gasteiger partial charge < -0.3 is 0 Å². The van der Waals surface area contributed by atoms with Crippen molar-refractivity contribution in [2.24, 2.45) is 0 Å². The van der Waals surface area contributed by atoms with Crippen LogP contribution in [0.5, 0.6) is 0 Å². The van der Waals surface area contributed by atoms with Crippen molar-refractivity contribution in [1.82, 2.24) is 0 Å². The smallest absolute Gasteiger partial charge is 0.0132 e. The van der Waals surface area contributed by atoms with Gasteiger partial charge in [0.1, 0.15) is 0 Å². The van der Waals surface area contributed by atoms with Gasteiger partial charge in [-0.25, -0.2) is 0 Å². The zero-order valence-corrected chi connectivity index (χ0v) is 33.4. The molecule has 0 heterocycles. The topological polar surface area (TPSA) is 0 Å². The van der Waals surface area contributed by atoms with E-state index in [1.165, 1.54) is 66.1 Å². The standard InChI is InChI=1S/C22H25.C20H21.C2H6Si.Zr/c1-15(2)18-13-17-7-6-8-20(21(17)14-18)16-9-11-19(12-10-16)22(3,4)5;1-14-12-16-6-5-7-18(19(16)13-14)15-8-10-17(11-9-15)20(2,3)4;1-3-2;/h6-15H,1-5H3;5-13H,1-4H3;1-2H3;/q2*-1;;+2. The maximum Gasteiger partial charge on any atom is -0.0132 e. The van der Waals surface area contributed by atoms with Gasteiger partial charge in [0.15, 0.2) is 0 Å². The Kier molecular flexibility index (Phi) is 11.7. The monoisotopic (exact) mass is 698 g/mol. The summed E-state index contributed by atoms with van der Waals surface area (Å²) < 4.78 is 0. The Bertz CT molecular complexity index is 1890. The van der Waals surface area contributed by atoms with E-state index in [1.807, 2.05) is 0 Å². The van der Waals surface area contributed by atoms with E-state index in [1.54, 1.807) is 23.3 Å². The number of rotatable bonds is 3. The third-order valence-corrected chi connectivity index (χ3v) is 8.46. The van der Waals surface area contributed by atoms with Crippen molar-refractivity contribution in [3.8, 4) is 22.3 Å². The second kappa shape index (κ2) is 15.0. The molecule has 236 valence electrons. The van der Waals surface area contributed by atoms with Gasteiger partial charge in [-0.3, -0.25) is 0 Å². The van der Waals surface area contributed by atoms with Crippen molar-refractivity contribution >= 4 is 27.0 Å². The van der Waals surface area contributed by atoms with E-state index in [-0.39, 0.29) is 16.3 Å². The number of aryl methyl sites for hydroxylation is 1. The fourth-order valence-corrected chi connectivity index (χ4v) is 5.78. The van der Waals surface area contributed by atoms with Crippen LogP contribution in [0.4, 0.5) is 0 Å². The molecule has 0 fully saturated rings. The van der Waals surface area contributed by atoms with Crippen molar-refractivity contribution < 1.29 is 23.3 Å². The van der Waals surface area contributed by atoms with Gasteiger partial charge in [0.25, 0.3) is 0 Å². The molecule has 6 aromatic carbocycles. The van der Waals surface area contributed by atoms with E-state index in [4.69, 9.17) is 0 Å². The summed E-state index contributed by atoms with van der Waals surface area (Å²) in [7, 11) is 0. The van der Waals surface area contributed by atoms with Gasteiger partial charge in [0, 0.05) is 0 Å². The Balaban J connectivity index is 0.000000188. The Hall–Kier alpha value is -2.80. The van der Waals surface area contributed by atoms with Crippen molar-refractivity contribution in [1.29, 1.82) is 0 Å². The van der Waals surface area contributed by atoms with E-state index >= 15 is 0 Å². The Morgan fingerprint density at radius 2 is 0.978 bits per heavy atom. The molecule has 0 saturated carbocycles. The first kappa shape index (κ1) is 36.0. The number of hydrogen-bond acceptors (Lipinski definition) is 0. The molecule has 2 heteroatoms. The van der Waals surface area contributed by atoms with Crippen LogP contribution in [-0.4, -0.2) is 5.43 Å². The summed E-state index contributed by atoms with van der Waals surface area (Å²) in [6, 6.07) is 40.4. The quantitative estimate of drug-likeness (QED) is 0.127. The molecule has 0 aliphatic carbocycles. The molecule has 0 spiro atoms. The zero-order valence-electron chi connectivity index (χ0n) is 30.0. The zero-order chi connectivity index (χ0) is 33.8. The molecule has 0 bridgehead atoms. The van der Waals surface area contributed by atoms with E-state index in [9.17, 15) is 0 Å². The van der Waals surface area contributed by atoms with Gasteiger partial charge in [-0.2, -0.15) is 12.1 Å². The first-order valence-corrected chi connectivity index (χ1v) is 22.8. The second-order valence-corrected chi connectivity index (χ2v) is 24.6. The third-order valence-electron chi connectivity index (χ3n) is 8.46. The average molecular weight is 700 g/mol. The van der Waals surface area contributed by atoms with Gasteiger partial charge in [0.05, 0.1) is 0 Å². The maximum absolute atomic E-state index is 2.35. The van der Waals surface area contributed by atoms with Gasteiger partial charge in [-0.15, -0.1) is 69.1 Å². The van der Waals surface area contributed by atoms with Crippen LogP contribution in [-0.2, 0) is 34.2 Å². The number of hydrogen-bond donors (Lipinski definition) is 0. The molecule has 0 radical (unpaired) electrons. The molecule has 6 rings (SSSR count). The molecule has 0 aromatic heterocycles. The molecule has 0 atom stereocenters. The van der Waals surface area contributed by atoms with E-state index in [0.29, 0.717) is 5.92 Å². The molecule has 0 aliphatic heterocycles. The van der Waals surface area contributed by atoms with Gasteiger partial charge in [-0.05, 0) is 39.0 Å². The predicted octanol–water partition coefficient (Wildman–Crippen LogP) is 13.3. The summed E-state index contributed by atoms with van der Waals surface area (Å²) in [6.07, 6.45) is 0. The third kappa shape index (κ3) is 9.17. The first-order chi connectivity index (χ1) is 21.5. The molecule has 0 aliphatic rings. The van der Waals surface area contributed by atoms with Crippen LogP contribution < -0.4 is 0 Å². The fourth-order valence-electron chi connectivity index (χ4n) is 5.78. The van der Waals surface area contributed by atoms with E-state index < -0.39 is 0 Å². The van der Waals surface area contributed by atoms with E-state index in [2.05, 4.69) is 185 Å². The fraction of sp³-hybridized carbons (Fsp3) is 0.318. The summed E-state index contributed by atoms with van der Waals surface area (Å²) in [4.78, 5) is 0. The summed E-state index contributed by atoms with van der Waals surface area (Å²) >= 11 is 1.74. The van der Waals surface area contributed by atoms with Crippen molar-refractivity contribution in [3.63, 3.8) is 0 Å². The molecular weight excluding hydrogens is 648 g/mol. The van der Waals surface area contributed by atoms with Crippen LogP contribution >= 0.6 is 0 Å². The largest absolute Gasteiger partial charge is 0.165 e. The van der Waals surface area contributed by atoms with Gasteiger partial charge in [0.2, 0.25) is 0 Å². The van der Waals surface area contributed by atoms with E-state index in [0.717, 1.165) is 0 Å². The molecule has 0 unspecified atom stereocenters. The summed E-state index contributed by atoms with van der Waals surface area (Å²) in [5.74, 6) is 0.573. The molecular formula is C44H52SiZr. The first-order valence-electron chi connectivity index (χ1n) is 16.6. The maximum atomic E-state index is 2.35. The van der Waals surface area contributed by atoms with Crippen molar-refractivity contribution in [3.05, 3.63) is 131 Å². The average Bonchev–Trinajstić information content (AvgIpc) is 3.59. The minimum atomic E-state index is 0.204. The van der Waals surface area contributed by atoms with Gasteiger partial charge >= 0.3 is 41.9 Å². The minimum absolute atomic E-state index is 0.204. The van der Waals surface area contributed by atoms with Gasteiger partial charge in [-0.1, -0.05) is 134 Å². The summed E-state index contributed by atoms with van der Waals surface area (Å²) in [5.41, 5.74) is 11.4. The summed E-state index contributed by atoms with van der Waals surface area (Å²) in [6.45, 7) is 24.8. The number of benzene rings is 4. The molecule has 0 nitrogen and oxygen atoms in total.